The molecule has 0 aromatic carbocycles. The van der Waals surface area contributed by atoms with Gasteiger partial charge >= 0.3 is 6.03 Å². The van der Waals surface area contributed by atoms with Gasteiger partial charge in [0.25, 0.3) is 0 Å². The van der Waals surface area contributed by atoms with E-state index in [4.69, 9.17) is 0 Å². The van der Waals surface area contributed by atoms with E-state index in [0.29, 0.717) is 0 Å². The van der Waals surface area contributed by atoms with Crippen LogP contribution in [0.1, 0.15) is 89.9 Å². The molecule has 0 spiro atoms. The van der Waals surface area contributed by atoms with Crippen LogP contribution in [-0.4, -0.2) is 36.7 Å². The number of hydrogen-bond donors (Lipinski definition) is 2. The highest BCUT2D eigenvalue weighted by Gasteiger charge is 2.51. The highest BCUT2D eigenvalue weighted by Crippen LogP contribution is 2.55. The lowest BCUT2D eigenvalue weighted by Gasteiger charge is -2.56. The Labute approximate surface area is 170 Å². The summed E-state index contributed by atoms with van der Waals surface area (Å²) < 4.78 is 0. The normalized spacial score (nSPS) is 32.6. The number of amides is 2. The summed E-state index contributed by atoms with van der Waals surface area (Å²) in [4.78, 5) is 20.8. The van der Waals surface area contributed by atoms with Crippen molar-refractivity contribution in [2.45, 2.75) is 95.4 Å². The minimum absolute atomic E-state index is 0.0840. The summed E-state index contributed by atoms with van der Waals surface area (Å²) in [6.45, 7) is 1.64. The fourth-order valence-corrected chi connectivity index (χ4v) is 6.54. The van der Waals surface area contributed by atoms with Crippen LogP contribution in [0.25, 0.3) is 0 Å². The van der Waals surface area contributed by atoms with E-state index in [2.05, 4.69) is 20.6 Å². The number of unbranched alkanes of at least 4 members (excludes halogenated alkanes) is 6. The quantitative estimate of drug-likeness (QED) is 0.489. The smallest absolute Gasteiger partial charge is 0.315 e. The Kier molecular flexibility index (Phi) is 6.69. The van der Waals surface area contributed by atoms with Gasteiger partial charge in [0.1, 0.15) is 6.34 Å². The molecule has 1 heterocycles. The molecular formula is C23H38N4O. The fraction of sp³-hybridized carbons (Fsp3) is 0.870. The maximum atomic E-state index is 12.4. The van der Waals surface area contributed by atoms with E-state index in [1.165, 1.54) is 82.8 Å². The van der Waals surface area contributed by atoms with E-state index in [9.17, 15) is 4.79 Å². The summed E-state index contributed by atoms with van der Waals surface area (Å²) >= 11 is 0. The van der Waals surface area contributed by atoms with Crippen molar-refractivity contribution < 1.29 is 4.79 Å². The van der Waals surface area contributed by atoms with Crippen LogP contribution in [-0.2, 0) is 0 Å². The first-order valence-electron chi connectivity index (χ1n) is 11.8. The minimum Gasteiger partial charge on any atom is -0.338 e. The number of carbonyl (C=O) groups is 1. The Hall–Kier alpha value is -1.39. The van der Waals surface area contributed by atoms with Crippen LogP contribution in [0, 0.1) is 17.8 Å². The Morgan fingerprint density at radius 3 is 2.14 bits per heavy atom. The van der Waals surface area contributed by atoms with Crippen molar-refractivity contribution >= 4 is 18.1 Å². The number of carbonyl (C=O) groups excluding carboxylic acids is 1. The van der Waals surface area contributed by atoms with Gasteiger partial charge in [-0.1, -0.05) is 32.1 Å². The number of urea groups is 1. The third-order valence-electron chi connectivity index (χ3n) is 7.44. The van der Waals surface area contributed by atoms with Gasteiger partial charge in [0.05, 0.1) is 6.54 Å². The maximum Gasteiger partial charge on any atom is 0.315 e. The Balaban J connectivity index is 0.996. The molecule has 5 aliphatic rings. The summed E-state index contributed by atoms with van der Waals surface area (Å²) in [7, 11) is 0. The monoisotopic (exact) mass is 386 g/mol. The van der Waals surface area contributed by atoms with Gasteiger partial charge in [-0.05, 0) is 75.5 Å². The predicted molar refractivity (Wildman–Crippen MR) is 115 cm³/mol. The van der Waals surface area contributed by atoms with Crippen molar-refractivity contribution in [1.82, 2.24) is 10.6 Å². The molecule has 5 nitrogen and oxygen atoms in total. The van der Waals surface area contributed by atoms with Gasteiger partial charge < -0.3 is 10.6 Å². The highest BCUT2D eigenvalue weighted by atomic mass is 16.2. The van der Waals surface area contributed by atoms with Crippen LogP contribution in [0.3, 0.4) is 0 Å². The Bertz CT molecular complexity index is 562. The Morgan fingerprint density at radius 1 is 0.929 bits per heavy atom. The average Bonchev–Trinajstić information content (AvgIpc) is 3.15. The second-order valence-corrected chi connectivity index (χ2v) is 9.96. The van der Waals surface area contributed by atoms with Crippen molar-refractivity contribution in [3.8, 4) is 0 Å². The zero-order valence-electron chi connectivity index (χ0n) is 17.4. The van der Waals surface area contributed by atoms with Crippen LogP contribution < -0.4 is 10.6 Å². The number of nitrogens with zero attached hydrogens (tertiary/aromatic N) is 2. The van der Waals surface area contributed by atoms with Gasteiger partial charge in [-0.3, -0.25) is 4.99 Å². The molecule has 28 heavy (non-hydrogen) atoms. The standard InChI is InChI=1S/C23H38N4O/c28-22(27-23-13-18-10-19(14-23)12-20(11-18)15-23)25-9-7-5-3-1-2-4-6-8-21-16-24-17-26-21/h17-20H,1-16H2,(H2,25,27,28). The van der Waals surface area contributed by atoms with Crippen LogP contribution >= 0.6 is 0 Å². The highest BCUT2D eigenvalue weighted by molar-refractivity contribution is 5.96. The molecule has 5 heteroatoms. The summed E-state index contributed by atoms with van der Waals surface area (Å²) in [5.74, 6) is 2.64. The first-order valence-corrected chi connectivity index (χ1v) is 11.8. The van der Waals surface area contributed by atoms with E-state index in [-0.39, 0.29) is 11.6 Å². The second-order valence-electron chi connectivity index (χ2n) is 9.96. The fourth-order valence-electron chi connectivity index (χ4n) is 6.54. The van der Waals surface area contributed by atoms with E-state index in [1.807, 2.05) is 0 Å². The van der Waals surface area contributed by atoms with Crippen molar-refractivity contribution in [2.24, 2.45) is 27.7 Å². The summed E-state index contributed by atoms with van der Waals surface area (Å²) in [5, 5.41) is 6.53. The number of hydrogen-bond acceptors (Lipinski definition) is 3. The summed E-state index contributed by atoms with van der Waals surface area (Å²) in [5.41, 5.74) is 1.38. The third-order valence-corrected chi connectivity index (χ3v) is 7.44. The number of nitrogens with one attached hydrogen (secondary N) is 2. The molecule has 4 saturated carbocycles. The van der Waals surface area contributed by atoms with Crippen LogP contribution in [0.15, 0.2) is 9.98 Å². The molecule has 0 unspecified atom stereocenters. The molecule has 2 N–H and O–H groups in total. The maximum absolute atomic E-state index is 12.4. The topological polar surface area (TPSA) is 65.8 Å². The van der Waals surface area contributed by atoms with E-state index in [0.717, 1.165) is 43.7 Å². The molecule has 0 aromatic rings. The molecule has 5 rings (SSSR count). The first kappa shape index (κ1) is 19.9. The third kappa shape index (κ3) is 5.36. The zero-order valence-corrected chi connectivity index (χ0v) is 17.4. The van der Waals surface area contributed by atoms with Gasteiger partial charge in [-0.25, -0.2) is 9.79 Å². The van der Waals surface area contributed by atoms with Crippen LogP contribution in [0.5, 0.6) is 0 Å². The molecule has 4 aliphatic carbocycles. The van der Waals surface area contributed by atoms with Crippen LogP contribution in [0.2, 0.25) is 0 Å². The van der Waals surface area contributed by atoms with Crippen molar-refractivity contribution in [3.63, 3.8) is 0 Å². The van der Waals surface area contributed by atoms with Crippen molar-refractivity contribution in [2.75, 3.05) is 13.1 Å². The molecule has 0 atom stereocenters. The van der Waals surface area contributed by atoms with Gasteiger partial charge in [0.2, 0.25) is 0 Å². The average molecular weight is 387 g/mol. The van der Waals surface area contributed by atoms with E-state index < -0.39 is 0 Å². The van der Waals surface area contributed by atoms with Gasteiger partial charge in [-0.2, -0.15) is 0 Å². The molecule has 2 amide bonds. The van der Waals surface area contributed by atoms with E-state index in [1.54, 1.807) is 6.34 Å². The second kappa shape index (κ2) is 9.41. The largest absolute Gasteiger partial charge is 0.338 e. The Morgan fingerprint density at radius 2 is 1.54 bits per heavy atom. The molecule has 0 radical (unpaired) electrons. The van der Waals surface area contributed by atoms with Crippen LogP contribution in [0.4, 0.5) is 4.79 Å². The SMILES string of the molecule is O=C(NCCCCCCCCCC1=NC=NC1)NC12CC3CC(CC(C3)C1)C2. The lowest BCUT2D eigenvalue weighted by atomic mass is 9.53. The van der Waals surface area contributed by atoms with E-state index >= 15 is 0 Å². The first-order chi connectivity index (χ1) is 13.7. The lowest BCUT2D eigenvalue weighted by Crippen LogP contribution is -2.61. The molecular weight excluding hydrogens is 348 g/mol. The minimum atomic E-state index is 0.0840. The van der Waals surface area contributed by atoms with Crippen molar-refractivity contribution in [1.29, 1.82) is 0 Å². The van der Waals surface area contributed by atoms with Gasteiger partial charge in [0.15, 0.2) is 0 Å². The molecule has 4 bridgehead atoms. The summed E-state index contributed by atoms with van der Waals surface area (Å²) in [6, 6.07) is 0.0840. The number of rotatable bonds is 11. The molecule has 0 saturated heterocycles. The lowest BCUT2D eigenvalue weighted by molar-refractivity contribution is -0.0135. The molecule has 0 aromatic heterocycles. The zero-order chi connectivity index (χ0) is 19.2. The van der Waals surface area contributed by atoms with Gasteiger partial charge in [0, 0.05) is 17.8 Å². The van der Waals surface area contributed by atoms with Crippen molar-refractivity contribution in [3.05, 3.63) is 0 Å². The predicted octanol–water partition coefficient (Wildman–Crippen LogP) is 4.86. The molecule has 156 valence electrons. The van der Waals surface area contributed by atoms with Gasteiger partial charge in [-0.15, -0.1) is 0 Å². The molecule has 1 aliphatic heterocycles. The summed E-state index contributed by atoms with van der Waals surface area (Å²) in [6.07, 6.45) is 19.5. The number of aliphatic imine (C=N–C) groups is 2. The molecule has 4 fully saturated rings.